The molecule has 0 aliphatic carbocycles. The number of halogens is 1. The highest BCUT2D eigenvalue weighted by Gasteiger charge is 2.09. The van der Waals surface area contributed by atoms with Crippen molar-refractivity contribution in [3.63, 3.8) is 0 Å². The summed E-state index contributed by atoms with van der Waals surface area (Å²) in [7, 11) is 0. The Morgan fingerprint density at radius 1 is 0.875 bits per heavy atom. The van der Waals surface area contributed by atoms with Crippen LogP contribution in [0.3, 0.4) is 0 Å². The number of aryl methyl sites for hydroxylation is 1. The van der Waals surface area contributed by atoms with Crippen LogP contribution in [0.25, 0.3) is 0 Å². The summed E-state index contributed by atoms with van der Waals surface area (Å²) in [5, 5.41) is 6.47. The fourth-order valence-corrected chi connectivity index (χ4v) is 2.58. The molecule has 3 rings (SSSR count). The Morgan fingerprint density at radius 2 is 1.38 bits per heavy atom. The second-order valence-electron chi connectivity index (χ2n) is 5.29. The molecule has 0 spiro atoms. The number of nitrogens with one attached hydrogen (secondary N) is 2. The average Bonchev–Trinajstić information content (AvgIpc) is 2.61. The molecule has 0 bridgehead atoms. The van der Waals surface area contributed by atoms with Gasteiger partial charge in [-0.3, -0.25) is 0 Å². The molecule has 2 aromatic carbocycles. The van der Waals surface area contributed by atoms with Gasteiger partial charge >= 0.3 is 0 Å². The molecule has 0 saturated carbocycles. The summed E-state index contributed by atoms with van der Waals surface area (Å²) in [5.74, 6) is 1.17. The van der Waals surface area contributed by atoms with Crippen molar-refractivity contribution in [3.05, 3.63) is 64.0 Å². The smallest absolute Gasteiger partial charge is 0.159 e. The first-order chi connectivity index (χ1) is 11.7. The van der Waals surface area contributed by atoms with Crippen LogP contribution in [0.5, 0.6) is 0 Å². The minimum absolute atomic E-state index is 0.482. The maximum Gasteiger partial charge on any atom is 0.159 e. The molecule has 6 heteroatoms. The molecule has 0 unspecified atom stereocenters. The van der Waals surface area contributed by atoms with E-state index in [1.54, 1.807) is 0 Å². The van der Waals surface area contributed by atoms with Gasteiger partial charge < -0.3 is 16.4 Å². The lowest BCUT2D eigenvalue weighted by molar-refractivity contribution is 1.14. The number of anilines is 5. The Balaban J connectivity index is 1.80. The third-order valence-electron chi connectivity index (χ3n) is 3.62. The SMILES string of the molecule is CCc1ccc(Nc2ncnc(Nc3ccc(I)cc3)c2N)cc1. The Morgan fingerprint density at radius 3 is 1.88 bits per heavy atom. The van der Waals surface area contributed by atoms with Crippen molar-refractivity contribution >= 4 is 51.3 Å². The van der Waals surface area contributed by atoms with Gasteiger partial charge in [0.05, 0.1) is 0 Å². The maximum absolute atomic E-state index is 6.21. The Kier molecular flexibility index (Phi) is 5.14. The largest absolute Gasteiger partial charge is 0.393 e. The predicted octanol–water partition coefficient (Wildman–Crippen LogP) is 4.71. The summed E-state index contributed by atoms with van der Waals surface area (Å²) in [6, 6.07) is 16.2. The fraction of sp³-hybridized carbons (Fsp3) is 0.111. The third-order valence-corrected chi connectivity index (χ3v) is 4.33. The van der Waals surface area contributed by atoms with Gasteiger partial charge in [0.25, 0.3) is 0 Å². The van der Waals surface area contributed by atoms with Crippen molar-refractivity contribution in [2.75, 3.05) is 16.4 Å². The molecule has 4 N–H and O–H groups in total. The van der Waals surface area contributed by atoms with Gasteiger partial charge in [0.1, 0.15) is 12.0 Å². The zero-order valence-corrected chi connectivity index (χ0v) is 15.4. The van der Waals surface area contributed by atoms with Gasteiger partial charge in [-0.1, -0.05) is 19.1 Å². The fourth-order valence-electron chi connectivity index (χ4n) is 2.23. The molecular weight excluding hydrogens is 413 g/mol. The molecule has 0 atom stereocenters. The van der Waals surface area contributed by atoms with E-state index in [0.717, 1.165) is 17.8 Å². The number of nitrogen functional groups attached to an aromatic ring is 1. The van der Waals surface area contributed by atoms with E-state index < -0.39 is 0 Å². The molecule has 122 valence electrons. The van der Waals surface area contributed by atoms with Crippen LogP contribution in [0.15, 0.2) is 54.9 Å². The topological polar surface area (TPSA) is 75.9 Å². The summed E-state index contributed by atoms with van der Waals surface area (Å²) >= 11 is 2.27. The van der Waals surface area contributed by atoms with E-state index in [2.05, 4.69) is 62.2 Å². The summed E-state index contributed by atoms with van der Waals surface area (Å²) in [6.45, 7) is 2.13. The summed E-state index contributed by atoms with van der Waals surface area (Å²) in [4.78, 5) is 8.48. The number of hydrogen-bond donors (Lipinski definition) is 3. The van der Waals surface area contributed by atoms with Crippen LogP contribution in [0, 0.1) is 3.57 Å². The van der Waals surface area contributed by atoms with Gasteiger partial charge in [-0.15, -0.1) is 0 Å². The van der Waals surface area contributed by atoms with E-state index in [1.165, 1.54) is 15.5 Å². The lowest BCUT2D eigenvalue weighted by Crippen LogP contribution is -2.05. The van der Waals surface area contributed by atoms with E-state index in [0.29, 0.717) is 17.3 Å². The van der Waals surface area contributed by atoms with Crippen molar-refractivity contribution in [2.24, 2.45) is 0 Å². The number of aromatic nitrogens is 2. The molecule has 3 aromatic rings. The highest BCUT2D eigenvalue weighted by Crippen LogP contribution is 2.28. The van der Waals surface area contributed by atoms with Gasteiger partial charge in [0, 0.05) is 14.9 Å². The highest BCUT2D eigenvalue weighted by molar-refractivity contribution is 14.1. The van der Waals surface area contributed by atoms with Gasteiger partial charge in [0.2, 0.25) is 0 Å². The number of hydrogen-bond acceptors (Lipinski definition) is 5. The van der Waals surface area contributed by atoms with Crippen molar-refractivity contribution in [3.8, 4) is 0 Å². The Hall–Kier alpha value is -2.35. The van der Waals surface area contributed by atoms with E-state index in [-0.39, 0.29) is 0 Å². The monoisotopic (exact) mass is 431 g/mol. The van der Waals surface area contributed by atoms with Crippen LogP contribution in [-0.2, 0) is 6.42 Å². The second kappa shape index (κ2) is 7.48. The quantitative estimate of drug-likeness (QED) is 0.510. The van der Waals surface area contributed by atoms with Gasteiger partial charge in [0.15, 0.2) is 11.6 Å². The van der Waals surface area contributed by atoms with Crippen molar-refractivity contribution in [1.82, 2.24) is 9.97 Å². The van der Waals surface area contributed by atoms with Crippen LogP contribution in [0.2, 0.25) is 0 Å². The molecule has 1 heterocycles. The summed E-state index contributed by atoms with van der Waals surface area (Å²) in [5.41, 5.74) is 9.86. The van der Waals surface area contributed by atoms with Crippen LogP contribution in [-0.4, -0.2) is 9.97 Å². The van der Waals surface area contributed by atoms with E-state index in [4.69, 9.17) is 5.73 Å². The van der Waals surface area contributed by atoms with Crippen LogP contribution in [0.1, 0.15) is 12.5 Å². The second-order valence-corrected chi connectivity index (χ2v) is 6.54. The van der Waals surface area contributed by atoms with Gasteiger partial charge in [-0.2, -0.15) is 0 Å². The van der Waals surface area contributed by atoms with Crippen LogP contribution < -0.4 is 16.4 Å². The normalized spacial score (nSPS) is 10.4. The van der Waals surface area contributed by atoms with Gasteiger partial charge in [-0.25, -0.2) is 9.97 Å². The third kappa shape index (κ3) is 3.94. The van der Waals surface area contributed by atoms with Crippen molar-refractivity contribution in [1.29, 1.82) is 0 Å². The predicted molar refractivity (Wildman–Crippen MR) is 108 cm³/mol. The molecule has 1 aromatic heterocycles. The van der Waals surface area contributed by atoms with E-state index in [1.807, 2.05) is 36.4 Å². The Bertz CT molecular complexity index is 816. The molecule has 0 radical (unpaired) electrons. The molecule has 0 aliphatic heterocycles. The number of nitrogens with zero attached hydrogens (tertiary/aromatic N) is 2. The van der Waals surface area contributed by atoms with Crippen LogP contribution in [0.4, 0.5) is 28.7 Å². The minimum Gasteiger partial charge on any atom is -0.393 e. The summed E-state index contributed by atoms with van der Waals surface area (Å²) < 4.78 is 1.17. The standard InChI is InChI=1S/C18H18IN5/c1-2-12-3-7-14(8-4-12)23-17-16(20)18(22-11-21-17)24-15-9-5-13(19)6-10-15/h3-11H,2,20H2,1H3,(H2,21,22,23,24). The lowest BCUT2D eigenvalue weighted by Gasteiger charge is -2.13. The molecule has 0 aliphatic rings. The van der Waals surface area contributed by atoms with E-state index >= 15 is 0 Å². The number of benzene rings is 2. The molecule has 0 amide bonds. The molecule has 0 saturated heterocycles. The Labute approximate surface area is 154 Å². The maximum atomic E-state index is 6.21. The molecule has 24 heavy (non-hydrogen) atoms. The van der Waals surface area contributed by atoms with Crippen LogP contribution >= 0.6 is 22.6 Å². The number of nitrogens with two attached hydrogens (primary N) is 1. The first kappa shape index (κ1) is 16.5. The molecule has 0 fully saturated rings. The first-order valence-corrected chi connectivity index (χ1v) is 8.72. The lowest BCUT2D eigenvalue weighted by atomic mass is 10.1. The average molecular weight is 431 g/mol. The first-order valence-electron chi connectivity index (χ1n) is 7.64. The zero-order chi connectivity index (χ0) is 16.9. The number of rotatable bonds is 5. The zero-order valence-electron chi connectivity index (χ0n) is 13.3. The molecule has 5 nitrogen and oxygen atoms in total. The molecular formula is C18H18IN5. The minimum atomic E-state index is 0.482. The summed E-state index contributed by atoms with van der Waals surface area (Å²) in [6.07, 6.45) is 2.51. The van der Waals surface area contributed by atoms with Crippen molar-refractivity contribution < 1.29 is 0 Å². The van der Waals surface area contributed by atoms with Gasteiger partial charge in [-0.05, 0) is 71.0 Å². The highest BCUT2D eigenvalue weighted by atomic mass is 127. The van der Waals surface area contributed by atoms with E-state index in [9.17, 15) is 0 Å². The van der Waals surface area contributed by atoms with Crippen molar-refractivity contribution in [2.45, 2.75) is 13.3 Å².